The monoisotopic (exact) mass is 390 g/mol. The molecule has 0 atom stereocenters. The molecule has 0 bridgehead atoms. The van der Waals surface area contributed by atoms with Crippen LogP contribution in [0.4, 0.5) is 0 Å². The third-order valence-corrected chi connectivity index (χ3v) is 6.30. The van der Waals surface area contributed by atoms with Crippen molar-refractivity contribution in [3.63, 3.8) is 0 Å². The fourth-order valence-electron chi connectivity index (χ4n) is 3.81. The van der Waals surface area contributed by atoms with Gasteiger partial charge in [0.25, 0.3) is 5.91 Å². The summed E-state index contributed by atoms with van der Waals surface area (Å²) in [6.07, 6.45) is 7.14. The Morgan fingerprint density at radius 2 is 1.71 bits per heavy atom. The molecule has 0 aliphatic heterocycles. The average molecular weight is 391 g/mol. The number of nitrogens with one attached hydrogen (secondary N) is 1. The molecule has 0 unspecified atom stereocenters. The van der Waals surface area contributed by atoms with E-state index in [1.165, 1.54) is 31.2 Å². The summed E-state index contributed by atoms with van der Waals surface area (Å²) in [4.78, 5) is 19.0. The summed E-state index contributed by atoms with van der Waals surface area (Å²) in [5, 5.41) is 5.06. The number of pyridine rings is 1. The first-order valence-electron chi connectivity index (χ1n) is 10.1. The Labute approximate surface area is 171 Å². The highest BCUT2D eigenvalue weighted by atomic mass is 32.2. The average Bonchev–Trinajstić information content (AvgIpc) is 2.98. The normalized spacial score (nSPS) is 15.3. The van der Waals surface area contributed by atoms with Crippen molar-refractivity contribution in [2.45, 2.75) is 61.4 Å². The Morgan fingerprint density at radius 1 is 1.00 bits per heavy atom. The van der Waals surface area contributed by atoms with Crippen LogP contribution in [0, 0.1) is 6.92 Å². The lowest BCUT2D eigenvalue weighted by atomic mass is 10.1. The maximum absolute atomic E-state index is 13.1. The van der Waals surface area contributed by atoms with Crippen molar-refractivity contribution < 1.29 is 4.79 Å². The van der Waals surface area contributed by atoms with E-state index in [4.69, 9.17) is 4.98 Å². The second-order valence-electron chi connectivity index (χ2n) is 7.60. The van der Waals surface area contributed by atoms with Crippen LogP contribution < -0.4 is 5.32 Å². The van der Waals surface area contributed by atoms with Crippen molar-refractivity contribution in [3.8, 4) is 0 Å². The molecule has 1 heterocycles. The Balaban J connectivity index is 1.63. The molecule has 1 fully saturated rings. The third-order valence-electron chi connectivity index (χ3n) is 5.37. The summed E-state index contributed by atoms with van der Waals surface area (Å²) < 4.78 is 0. The van der Waals surface area contributed by atoms with Crippen LogP contribution in [0.25, 0.3) is 10.9 Å². The Morgan fingerprint density at radius 3 is 2.46 bits per heavy atom. The minimum Gasteiger partial charge on any atom is -0.349 e. The Hall–Kier alpha value is -2.33. The van der Waals surface area contributed by atoms with Gasteiger partial charge in [0.2, 0.25) is 0 Å². The molecule has 1 aliphatic rings. The summed E-state index contributed by atoms with van der Waals surface area (Å²) in [6.45, 7) is 2.08. The van der Waals surface area contributed by atoms with Gasteiger partial charge in [-0.05, 0) is 44.0 Å². The number of aromatic nitrogens is 1. The molecule has 1 aliphatic carbocycles. The molecule has 0 saturated heterocycles. The van der Waals surface area contributed by atoms with Gasteiger partial charge in [-0.1, -0.05) is 73.3 Å². The van der Waals surface area contributed by atoms with Crippen LogP contribution in [0.2, 0.25) is 0 Å². The van der Waals surface area contributed by atoms with Crippen LogP contribution in [0.15, 0.2) is 64.5 Å². The van der Waals surface area contributed by atoms with Crippen molar-refractivity contribution in [1.82, 2.24) is 10.3 Å². The predicted molar refractivity (Wildman–Crippen MR) is 116 cm³/mol. The lowest BCUT2D eigenvalue weighted by Crippen LogP contribution is -2.34. The topological polar surface area (TPSA) is 42.0 Å². The van der Waals surface area contributed by atoms with E-state index in [-0.39, 0.29) is 11.9 Å². The zero-order valence-corrected chi connectivity index (χ0v) is 17.1. The molecule has 1 aromatic heterocycles. The number of hydrogen-bond acceptors (Lipinski definition) is 3. The van der Waals surface area contributed by atoms with Crippen molar-refractivity contribution in [1.29, 1.82) is 0 Å². The molecule has 0 radical (unpaired) electrons. The molecule has 3 aromatic rings. The van der Waals surface area contributed by atoms with E-state index >= 15 is 0 Å². The van der Waals surface area contributed by atoms with Crippen LogP contribution in [0.3, 0.4) is 0 Å². The number of amides is 1. The highest BCUT2D eigenvalue weighted by Gasteiger charge is 2.18. The van der Waals surface area contributed by atoms with Crippen molar-refractivity contribution in [3.05, 3.63) is 65.7 Å². The van der Waals surface area contributed by atoms with E-state index < -0.39 is 0 Å². The third kappa shape index (κ3) is 4.56. The highest BCUT2D eigenvalue weighted by Crippen LogP contribution is 2.30. The first kappa shape index (κ1) is 19.0. The predicted octanol–water partition coefficient (Wildman–Crippen LogP) is 6.15. The van der Waals surface area contributed by atoms with E-state index in [0.717, 1.165) is 39.2 Å². The van der Waals surface area contributed by atoms with Crippen LogP contribution in [0.5, 0.6) is 0 Å². The molecule has 144 valence electrons. The van der Waals surface area contributed by atoms with Gasteiger partial charge in [0, 0.05) is 16.3 Å². The smallest absolute Gasteiger partial charge is 0.252 e. The van der Waals surface area contributed by atoms with E-state index in [2.05, 4.69) is 36.5 Å². The quantitative estimate of drug-likeness (QED) is 0.544. The Bertz CT molecular complexity index is 960. The number of nitrogens with zero attached hydrogens (tertiary/aromatic N) is 1. The van der Waals surface area contributed by atoms with Crippen LogP contribution >= 0.6 is 11.8 Å². The van der Waals surface area contributed by atoms with Gasteiger partial charge in [-0.3, -0.25) is 4.79 Å². The minimum absolute atomic E-state index is 0.0243. The molecular weight excluding hydrogens is 364 g/mol. The summed E-state index contributed by atoms with van der Waals surface area (Å²) in [5.41, 5.74) is 2.83. The second kappa shape index (κ2) is 8.78. The zero-order valence-electron chi connectivity index (χ0n) is 16.3. The molecule has 2 aromatic carbocycles. The summed E-state index contributed by atoms with van der Waals surface area (Å²) in [6, 6.07) is 18.5. The van der Waals surface area contributed by atoms with Gasteiger partial charge in [-0.25, -0.2) is 4.98 Å². The van der Waals surface area contributed by atoms with Gasteiger partial charge in [-0.2, -0.15) is 0 Å². The maximum Gasteiger partial charge on any atom is 0.252 e. The largest absolute Gasteiger partial charge is 0.349 e. The SMILES string of the molecule is Cc1ccc(Sc2cc(C(=O)NC3CCCCCC3)c3ccccc3n2)cc1. The Kier molecular flexibility index (Phi) is 5.96. The van der Waals surface area contributed by atoms with Gasteiger partial charge < -0.3 is 5.32 Å². The van der Waals surface area contributed by atoms with E-state index in [0.29, 0.717) is 0 Å². The van der Waals surface area contributed by atoms with Crippen LogP contribution in [0.1, 0.15) is 54.4 Å². The molecule has 0 spiro atoms. The van der Waals surface area contributed by atoms with Gasteiger partial charge in [0.05, 0.1) is 11.1 Å². The summed E-state index contributed by atoms with van der Waals surface area (Å²) in [7, 11) is 0. The lowest BCUT2D eigenvalue weighted by Gasteiger charge is -2.17. The van der Waals surface area contributed by atoms with E-state index in [1.54, 1.807) is 11.8 Å². The molecular formula is C24H26N2OS. The number of carbonyl (C=O) groups excluding carboxylic acids is 1. The number of para-hydroxylation sites is 1. The van der Waals surface area contributed by atoms with E-state index in [1.807, 2.05) is 30.3 Å². The van der Waals surface area contributed by atoms with Gasteiger partial charge in [0.1, 0.15) is 5.03 Å². The van der Waals surface area contributed by atoms with Crippen molar-refractivity contribution in [2.75, 3.05) is 0 Å². The number of carbonyl (C=O) groups is 1. The number of aryl methyl sites for hydroxylation is 1. The second-order valence-corrected chi connectivity index (χ2v) is 8.70. The number of fused-ring (bicyclic) bond motifs is 1. The maximum atomic E-state index is 13.1. The first-order chi connectivity index (χ1) is 13.7. The van der Waals surface area contributed by atoms with Crippen molar-refractivity contribution >= 4 is 28.6 Å². The fourth-order valence-corrected chi connectivity index (χ4v) is 4.64. The molecule has 3 nitrogen and oxygen atoms in total. The van der Waals surface area contributed by atoms with Gasteiger partial charge in [-0.15, -0.1) is 0 Å². The summed E-state index contributed by atoms with van der Waals surface area (Å²) >= 11 is 1.60. The van der Waals surface area contributed by atoms with Gasteiger partial charge >= 0.3 is 0 Å². The number of rotatable bonds is 4. The standard InChI is InChI=1S/C24H26N2OS/c1-17-12-14-19(15-13-17)28-23-16-21(20-10-6-7-11-22(20)26-23)24(27)25-18-8-4-2-3-5-9-18/h6-7,10-16,18H,2-5,8-9H2,1H3,(H,25,27). The van der Waals surface area contributed by atoms with Gasteiger partial charge in [0.15, 0.2) is 0 Å². The van der Waals surface area contributed by atoms with E-state index in [9.17, 15) is 4.79 Å². The number of benzene rings is 2. The first-order valence-corrected chi connectivity index (χ1v) is 11.0. The lowest BCUT2D eigenvalue weighted by molar-refractivity contribution is 0.0934. The molecule has 28 heavy (non-hydrogen) atoms. The summed E-state index contributed by atoms with van der Waals surface area (Å²) in [5.74, 6) is 0.0243. The fraction of sp³-hybridized carbons (Fsp3) is 0.333. The molecule has 1 amide bonds. The van der Waals surface area contributed by atoms with Crippen molar-refractivity contribution in [2.24, 2.45) is 0 Å². The number of hydrogen-bond donors (Lipinski definition) is 1. The van der Waals surface area contributed by atoms with Crippen LogP contribution in [-0.2, 0) is 0 Å². The van der Waals surface area contributed by atoms with Crippen LogP contribution in [-0.4, -0.2) is 16.9 Å². The zero-order chi connectivity index (χ0) is 19.3. The minimum atomic E-state index is 0.0243. The molecule has 4 heteroatoms. The molecule has 1 saturated carbocycles. The highest BCUT2D eigenvalue weighted by molar-refractivity contribution is 7.99. The molecule has 1 N–H and O–H groups in total. The molecule has 4 rings (SSSR count).